The van der Waals surface area contributed by atoms with Crippen LogP contribution in [0.15, 0.2) is 24.3 Å². The molecule has 0 saturated carbocycles. The van der Waals surface area contributed by atoms with E-state index in [0.717, 1.165) is 16.3 Å². The lowest BCUT2D eigenvalue weighted by atomic mass is 10.2. The average Bonchev–Trinajstić information content (AvgIpc) is 2.85. The lowest BCUT2D eigenvalue weighted by molar-refractivity contribution is 0.301. The van der Waals surface area contributed by atoms with Gasteiger partial charge in [0.2, 0.25) is 0 Å². The standard InChI is InChI=1S/C12H15N3O2S/c1-13-7-11-14-15-12(18-11)17-8-9-4-3-5-10(6-9)16-2/h3-6,13H,7-8H2,1-2H3. The van der Waals surface area contributed by atoms with Gasteiger partial charge in [-0.2, -0.15) is 0 Å². The van der Waals surface area contributed by atoms with E-state index in [4.69, 9.17) is 9.47 Å². The molecule has 0 aliphatic rings. The van der Waals surface area contributed by atoms with Gasteiger partial charge in [-0.1, -0.05) is 28.6 Å². The molecule has 1 N–H and O–H groups in total. The summed E-state index contributed by atoms with van der Waals surface area (Å²) in [7, 11) is 3.52. The lowest BCUT2D eigenvalue weighted by Gasteiger charge is -2.04. The van der Waals surface area contributed by atoms with Crippen molar-refractivity contribution in [2.24, 2.45) is 0 Å². The van der Waals surface area contributed by atoms with Crippen LogP contribution in [-0.4, -0.2) is 24.4 Å². The number of ether oxygens (including phenoxy) is 2. The van der Waals surface area contributed by atoms with Crippen LogP contribution in [-0.2, 0) is 13.2 Å². The molecule has 18 heavy (non-hydrogen) atoms. The van der Waals surface area contributed by atoms with Crippen LogP contribution in [0.2, 0.25) is 0 Å². The highest BCUT2D eigenvalue weighted by Crippen LogP contribution is 2.20. The molecule has 0 amide bonds. The molecule has 0 radical (unpaired) electrons. The zero-order valence-electron chi connectivity index (χ0n) is 10.3. The van der Waals surface area contributed by atoms with E-state index in [1.807, 2.05) is 31.3 Å². The SMILES string of the molecule is CNCc1nnc(OCc2cccc(OC)c2)s1. The van der Waals surface area contributed by atoms with Crippen molar-refractivity contribution in [3.8, 4) is 10.9 Å². The molecule has 0 aliphatic heterocycles. The smallest absolute Gasteiger partial charge is 0.294 e. The molecule has 0 atom stereocenters. The summed E-state index contributed by atoms with van der Waals surface area (Å²) in [6.07, 6.45) is 0. The molecule has 1 heterocycles. The fourth-order valence-corrected chi connectivity index (χ4v) is 2.13. The number of methoxy groups -OCH3 is 1. The predicted octanol–water partition coefficient (Wildman–Crippen LogP) is 1.85. The van der Waals surface area contributed by atoms with E-state index in [9.17, 15) is 0 Å². The summed E-state index contributed by atoms with van der Waals surface area (Å²) in [5.41, 5.74) is 1.04. The molecular formula is C12H15N3O2S. The van der Waals surface area contributed by atoms with E-state index in [2.05, 4.69) is 15.5 Å². The van der Waals surface area contributed by atoms with E-state index >= 15 is 0 Å². The zero-order valence-corrected chi connectivity index (χ0v) is 11.2. The van der Waals surface area contributed by atoms with Gasteiger partial charge in [-0.25, -0.2) is 0 Å². The number of hydrogen-bond donors (Lipinski definition) is 1. The molecule has 0 spiro atoms. The molecule has 0 bridgehead atoms. The highest BCUT2D eigenvalue weighted by Gasteiger charge is 2.04. The maximum absolute atomic E-state index is 5.58. The Bertz CT molecular complexity index is 502. The summed E-state index contributed by atoms with van der Waals surface area (Å²) in [6.45, 7) is 1.17. The van der Waals surface area contributed by atoms with Crippen molar-refractivity contribution >= 4 is 11.3 Å². The van der Waals surface area contributed by atoms with Gasteiger partial charge in [0, 0.05) is 6.54 Å². The third kappa shape index (κ3) is 3.41. The van der Waals surface area contributed by atoms with Crippen LogP contribution in [0.3, 0.4) is 0 Å². The molecule has 0 aliphatic carbocycles. The topological polar surface area (TPSA) is 56.3 Å². The first kappa shape index (κ1) is 12.8. The number of hydrogen-bond acceptors (Lipinski definition) is 6. The van der Waals surface area contributed by atoms with Crippen LogP contribution < -0.4 is 14.8 Å². The average molecular weight is 265 g/mol. The number of benzene rings is 1. The highest BCUT2D eigenvalue weighted by atomic mass is 32.1. The van der Waals surface area contributed by atoms with Crippen molar-refractivity contribution in [3.63, 3.8) is 0 Å². The van der Waals surface area contributed by atoms with Crippen LogP contribution in [0.4, 0.5) is 0 Å². The summed E-state index contributed by atoms with van der Waals surface area (Å²) in [5, 5.41) is 12.5. The van der Waals surface area contributed by atoms with E-state index in [0.29, 0.717) is 18.3 Å². The van der Waals surface area contributed by atoms with E-state index in [1.54, 1.807) is 7.11 Å². The van der Waals surface area contributed by atoms with Crippen LogP contribution in [0.25, 0.3) is 0 Å². The number of rotatable bonds is 6. The van der Waals surface area contributed by atoms with Gasteiger partial charge in [-0.05, 0) is 24.7 Å². The minimum atomic E-state index is 0.464. The summed E-state index contributed by atoms with van der Waals surface area (Å²) in [6, 6.07) is 7.76. The normalized spacial score (nSPS) is 10.3. The Morgan fingerprint density at radius 1 is 1.33 bits per heavy atom. The van der Waals surface area contributed by atoms with Crippen LogP contribution in [0.1, 0.15) is 10.6 Å². The predicted molar refractivity (Wildman–Crippen MR) is 70.0 cm³/mol. The molecule has 6 heteroatoms. The van der Waals surface area contributed by atoms with E-state index in [-0.39, 0.29) is 0 Å². The van der Waals surface area contributed by atoms with Gasteiger partial charge in [0.15, 0.2) is 0 Å². The van der Waals surface area contributed by atoms with Gasteiger partial charge in [0.1, 0.15) is 17.4 Å². The van der Waals surface area contributed by atoms with E-state index in [1.165, 1.54) is 11.3 Å². The van der Waals surface area contributed by atoms with Gasteiger partial charge < -0.3 is 14.8 Å². The summed E-state index contributed by atoms with van der Waals surface area (Å²) < 4.78 is 10.7. The molecule has 2 rings (SSSR count). The second-order valence-corrected chi connectivity index (χ2v) is 4.66. The Balaban J connectivity index is 1.93. The zero-order chi connectivity index (χ0) is 12.8. The summed E-state index contributed by atoms with van der Waals surface area (Å²) >= 11 is 1.45. The second-order valence-electron chi connectivity index (χ2n) is 3.63. The minimum absolute atomic E-state index is 0.464. The molecule has 0 fully saturated rings. The fourth-order valence-electron chi connectivity index (χ4n) is 1.43. The summed E-state index contributed by atoms with van der Waals surface area (Å²) in [4.78, 5) is 0. The third-order valence-corrected chi connectivity index (χ3v) is 3.11. The Labute approximate surface area is 110 Å². The molecule has 2 aromatic rings. The van der Waals surface area contributed by atoms with Crippen molar-refractivity contribution in [2.45, 2.75) is 13.2 Å². The van der Waals surface area contributed by atoms with Crippen LogP contribution >= 0.6 is 11.3 Å². The number of nitrogens with one attached hydrogen (secondary N) is 1. The third-order valence-electron chi connectivity index (χ3n) is 2.27. The largest absolute Gasteiger partial charge is 0.497 e. The molecule has 0 unspecified atom stereocenters. The highest BCUT2D eigenvalue weighted by molar-refractivity contribution is 7.13. The maximum atomic E-state index is 5.58. The first-order valence-corrected chi connectivity index (χ1v) is 6.36. The van der Waals surface area contributed by atoms with Crippen LogP contribution in [0, 0.1) is 0 Å². The van der Waals surface area contributed by atoms with Gasteiger partial charge in [-0.15, -0.1) is 5.10 Å². The van der Waals surface area contributed by atoms with Crippen molar-refractivity contribution in [1.82, 2.24) is 15.5 Å². The molecule has 1 aromatic heterocycles. The molecule has 96 valence electrons. The van der Waals surface area contributed by atoms with Crippen molar-refractivity contribution in [2.75, 3.05) is 14.2 Å². The Morgan fingerprint density at radius 3 is 3.00 bits per heavy atom. The first-order chi connectivity index (χ1) is 8.81. The van der Waals surface area contributed by atoms with Crippen molar-refractivity contribution < 1.29 is 9.47 Å². The molecule has 1 aromatic carbocycles. The number of nitrogens with zero attached hydrogens (tertiary/aromatic N) is 2. The summed E-state index contributed by atoms with van der Waals surface area (Å²) in [5.74, 6) is 0.823. The Morgan fingerprint density at radius 2 is 2.22 bits per heavy atom. The first-order valence-electron chi connectivity index (χ1n) is 5.54. The fraction of sp³-hybridized carbons (Fsp3) is 0.333. The lowest BCUT2D eigenvalue weighted by Crippen LogP contribution is -2.04. The van der Waals surface area contributed by atoms with Gasteiger partial charge in [-0.3, -0.25) is 0 Å². The van der Waals surface area contributed by atoms with Gasteiger partial charge in [0.05, 0.1) is 7.11 Å². The molecular weight excluding hydrogens is 250 g/mol. The number of aromatic nitrogens is 2. The quantitative estimate of drug-likeness (QED) is 0.863. The maximum Gasteiger partial charge on any atom is 0.294 e. The van der Waals surface area contributed by atoms with Crippen LogP contribution in [0.5, 0.6) is 10.9 Å². The van der Waals surface area contributed by atoms with Gasteiger partial charge >= 0.3 is 0 Å². The Hall–Kier alpha value is -1.66. The molecule has 5 nitrogen and oxygen atoms in total. The van der Waals surface area contributed by atoms with Crippen molar-refractivity contribution in [1.29, 1.82) is 0 Å². The monoisotopic (exact) mass is 265 g/mol. The van der Waals surface area contributed by atoms with Gasteiger partial charge in [0.25, 0.3) is 5.19 Å². The van der Waals surface area contributed by atoms with E-state index < -0.39 is 0 Å². The van der Waals surface area contributed by atoms with Crippen molar-refractivity contribution in [3.05, 3.63) is 34.8 Å². The minimum Gasteiger partial charge on any atom is -0.497 e. The Kier molecular flexibility index (Phi) is 4.49. The second kappa shape index (κ2) is 6.32. The molecule has 0 saturated heterocycles.